The normalized spacial score (nSPS) is 33.9. The largest absolute Gasteiger partial charge is 0.455 e. The highest BCUT2D eigenvalue weighted by Crippen LogP contribution is 2.48. The number of rotatable bonds is 3. The average molecular weight is 236 g/mol. The molecule has 0 aromatic rings. The van der Waals surface area contributed by atoms with Crippen LogP contribution in [0, 0.1) is 11.8 Å². The predicted octanol–water partition coefficient (Wildman–Crippen LogP) is 3.85. The average Bonchev–Trinajstić information content (AvgIpc) is 2.88. The van der Waals surface area contributed by atoms with Gasteiger partial charge in [0.1, 0.15) is 5.60 Å². The molecule has 17 heavy (non-hydrogen) atoms. The quantitative estimate of drug-likeness (QED) is 0.549. The van der Waals surface area contributed by atoms with Crippen molar-refractivity contribution in [3.8, 4) is 0 Å². The molecule has 0 N–H and O–H groups in total. The third-order valence-corrected chi connectivity index (χ3v) is 4.50. The highest BCUT2D eigenvalue weighted by molar-refractivity contribution is 5.87. The minimum Gasteiger partial charge on any atom is -0.455 e. The van der Waals surface area contributed by atoms with Gasteiger partial charge in [-0.05, 0) is 50.9 Å². The summed E-state index contributed by atoms with van der Waals surface area (Å²) in [5.41, 5.74) is 0.369. The molecule has 0 heterocycles. The number of ether oxygens (including phenoxy) is 1. The molecular formula is C15H24O2. The van der Waals surface area contributed by atoms with Gasteiger partial charge in [0.15, 0.2) is 0 Å². The van der Waals surface area contributed by atoms with Gasteiger partial charge < -0.3 is 4.74 Å². The van der Waals surface area contributed by atoms with E-state index in [1.807, 2.05) is 0 Å². The van der Waals surface area contributed by atoms with Gasteiger partial charge >= 0.3 is 5.97 Å². The number of esters is 1. The summed E-state index contributed by atoms with van der Waals surface area (Å²) >= 11 is 0. The van der Waals surface area contributed by atoms with Gasteiger partial charge in [-0.15, -0.1) is 0 Å². The Morgan fingerprint density at radius 3 is 2.41 bits per heavy atom. The third-order valence-electron chi connectivity index (χ3n) is 4.50. The van der Waals surface area contributed by atoms with E-state index >= 15 is 0 Å². The Morgan fingerprint density at radius 2 is 1.94 bits per heavy atom. The Kier molecular flexibility index (Phi) is 3.60. The van der Waals surface area contributed by atoms with Gasteiger partial charge in [0.25, 0.3) is 0 Å². The van der Waals surface area contributed by atoms with E-state index in [2.05, 4.69) is 13.5 Å². The fourth-order valence-electron chi connectivity index (χ4n) is 3.56. The van der Waals surface area contributed by atoms with Crippen molar-refractivity contribution in [3.63, 3.8) is 0 Å². The lowest BCUT2D eigenvalue weighted by molar-refractivity contribution is -0.160. The molecule has 2 nitrogen and oxygen atoms in total. The van der Waals surface area contributed by atoms with Crippen molar-refractivity contribution in [2.24, 2.45) is 11.8 Å². The first-order valence-corrected chi connectivity index (χ1v) is 6.92. The summed E-state index contributed by atoms with van der Waals surface area (Å²) in [6.45, 7) is 7.71. The molecule has 2 heteroatoms. The first-order chi connectivity index (χ1) is 8.03. The minimum absolute atomic E-state index is 0.161. The fourth-order valence-corrected chi connectivity index (χ4v) is 3.56. The molecule has 2 unspecified atom stereocenters. The van der Waals surface area contributed by atoms with Crippen LogP contribution in [0.25, 0.3) is 0 Å². The monoisotopic (exact) mass is 236 g/mol. The summed E-state index contributed by atoms with van der Waals surface area (Å²) < 4.78 is 5.88. The van der Waals surface area contributed by atoms with Crippen molar-refractivity contribution in [1.82, 2.24) is 0 Å². The van der Waals surface area contributed by atoms with Crippen LogP contribution in [0.2, 0.25) is 0 Å². The zero-order valence-corrected chi connectivity index (χ0v) is 11.1. The van der Waals surface area contributed by atoms with E-state index in [-0.39, 0.29) is 11.6 Å². The van der Waals surface area contributed by atoms with Crippen LogP contribution >= 0.6 is 0 Å². The summed E-state index contributed by atoms with van der Waals surface area (Å²) in [6.07, 6.45) is 8.36. The SMILES string of the molecule is C=C(C)C(=O)OC1(C2CCCC2)CCC(C)C1. The van der Waals surface area contributed by atoms with Gasteiger partial charge in [0.2, 0.25) is 0 Å². The van der Waals surface area contributed by atoms with E-state index in [0.29, 0.717) is 17.4 Å². The number of hydrogen-bond acceptors (Lipinski definition) is 2. The van der Waals surface area contributed by atoms with Crippen molar-refractivity contribution in [2.75, 3.05) is 0 Å². The lowest BCUT2D eigenvalue weighted by Crippen LogP contribution is -2.39. The molecule has 0 radical (unpaired) electrons. The molecule has 96 valence electrons. The summed E-state index contributed by atoms with van der Waals surface area (Å²) in [4.78, 5) is 11.8. The molecule has 2 atom stereocenters. The van der Waals surface area contributed by atoms with E-state index in [1.165, 1.54) is 32.1 Å². The van der Waals surface area contributed by atoms with Crippen LogP contribution in [0.5, 0.6) is 0 Å². The van der Waals surface area contributed by atoms with Gasteiger partial charge in [-0.25, -0.2) is 4.79 Å². The topological polar surface area (TPSA) is 26.3 Å². The number of carbonyl (C=O) groups excluding carboxylic acids is 1. The van der Waals surface area contributed by atoms with E-state index < -0.39 is 0 Å². The lowest BCUT2D eigenvalue weighted by atomic mass is 9.83. The molecule has 0 saturated heterocycles. The molecule has 2 aliphatic carbocycles. The maximum atomic E-state index is 11.8. The number of carbonyl (C=O) groups is 1. The van der Waals surface area contributed by atoms with Crippen LogP contribution in [0.3, 0.4) is 0 Å². The van der Waals surface area contributed by atoms with Gasteiger partial charge in [0.05, 0.1) is 0 Å². The van der Waals surface area contributed by atoms with E-state index in [0.717, 1.165) is 12.8 Å². The Morgan fingerprint density at radius 1 is 1.29 bits per heavy atom. The zero-order chi connectivity index (χ0) is 12.5. The molecule has 0 aromatic heterocycles. The van der Waals surface area contributed by atoms with E-state index in [9.17, 15) is 4.79 Å². The molecule has 0 aliphatic heterocycles. The molecule has 0 spiro atoms. The fraction of sp³-hybridized carbons (Fsp3) is 0.800. The second kappa shape index (κ2) is 4.83. The van der Waals surface area contributed by atoms with Crippen molar-refractivity contribution in [3.05, 3.63) is 12.2 Å². The standard InChI is InChI=1S/C15H24O2/c1-11(2)14(16)17-15(9-8-12(3)10-15)13-6-4-5-7-13/h12-13H,1,4-10H2,2-3H3. The maximum Gasteiger partial charge on any atom is 0.333 e. The smallest absolute Gasteiger partial charge is 0.333 e. The molecule has 0 amide bonds. The van der Waals surface area contributed by atoms with Crippen molar-refractivity contribution < 1.29 is 9.53 Å². The Bertz CT molecular complexity index is 315. The zero-order valence-electron chi connectivity index (χ0n) is 11.1. The Hall–Kier alpha value is -0.790. The van der Waals surface area contributed by atoms with Crippen LogP contribution in [-0.2, 0) is 9.53 Å². The molecule has 2 rings (SSSR count). The predicted molar refractivity (Wildman–Crippen MR) is 68.6 cm³/mol. The molecular weight excluding hydrogens is 212 g/mol. The van der Waals surface area contributed by atoms with Gasteiger partial charge in [-0.2, -0.15) is 0 Å². The van der Waals surface area contributed by atoms with Crippen molar-refractivity contribution >= 4 is 5.97 Å². The van der Waals surface area contributed by atoms with Crippen molar-refractivity contribution in [2.45, 2.75) is 64.4 Å². The maximum absolute atomic E-state index is 11.8. The summed E-state index contributed by atoms with van der Waals surface area (Å²) in [5, 5.41) is 0. The van der Waals surface area contributed by atoms with Gasteiger partial charge in [-0.1, -0.05) is 26.3 Å². The van der Waals surface area contributed by atoms with Crippen molar-refractivity contribution in [1.29, 1.82) is 0 Å². The first kappa shape index (κ1) is 12.7. The molecule has 2 fully saturated rings. The van der Waals surface area contributed by atoms with Crippen LogP contribution in [0.1, 0.15) is 58.8 Å². The highest BCUT2D eigenvalue weighted by atomic mass is 16.6. The highest BCUT2D eigenvalue weighted by Gasteiger charge is 2.47. The first-order valence-electron chi connectivity index (χ1n) is 6.92. The van der Waals surface area contributed by atoms with E-state index in [1.54, 1.807) is 6.92 Å². The molecule has 2 saturated carbocycles. The molecule has 2 aliphatic rings. The van der Waals surface area contributed by atoms with Crippen LogP contribution < -0.4 is 0 Å². The second-order valence-corrected chi connectivity index (χ2v) is 6.06. The van der Waals surface area contributed by atoms with Crippen LogP contribution in [0.4, 0.5) is 0 Å². The lowest BCUT2D eigenvalue weighted by Gasteiger charge is -2.35. The minimum atomic E-state index is -0.189. The molecule has 0 aromatic carbocycles. The van der Waals surface area contributed by atoms with Crippen LogP contribution in [-0.4, -0.2) is 11.6 Å². The van der Waals surface area contributed by atoms with Gasteiger partial charge in [0, 0.05) is 5.57 Å². The third kappa shape index (κ3) is 2.56. The second-order valence-electron chi connectivity index (χ2n) is 6.06. The summed E-state index contributed by atoms with van der Waals surface area (Å²) in [6, 6.07) is 0. The summed E-state index contributed by atoms with van der Waals surface area (Å²) in [5.74, 6) is 1.09. The Labute approximate surface area is 104 Å². The summed E-state index contributed by atoms with van der Waals surface area (Å²) in [7, 11) is 0. The molecule has 0 bridgehead atoms. The Balaban J connectivity index is 2.12. The van der Waals surface area contributed by atoms with Crippen LogP contribution in [0.15, 0.2) is 12.2 Å². The van der Waals surface area contributed by atoms with E-state index in [4.69, 9.17) is 4.74 Å². The number of hydrogen-bond donors (Lipinski definition) is 0. The van der Waals surface area contributed by atoms with Gasteiger partial charge in [-0.3, -0.25) is 0 Å².